The van der Waals surface area contributed by atoms with E-state index in [1.54, 1.807) is 0 Å². The first-order valence-corrected chi connectivity index (χ1v) is 8.15. The Morgan fingerprint density at radius 1 is 1.24 bits per heavy atom. The average molecular weight is 288 g/mol. The maximum Gasteiger partial charge on any atom is 0.0593 e. The molecule has 3 aliphatic heterocycles. The molecule has 0 unspecified atom stereocenters. The Morgan fingerprint density at radius 2 is 2.05 bits per heavy atom. The lowest BCUT2D eigenvalue weighted by molar-refractivity contribution is -0.0602. The third-order valence-corrected chi connectivity index (χ3v) is 5.50. The van der Waals surface area contributed by atoms with E-state index in [1.165, 1.54) is 11.3 Å². The highest BCUT2D eigenvalue weighted by Gasteiger charge is 2.51. The van der Waals surface area contributed by atoms with E-state index in [9.17, 15) is 5.11 Å². The number of nitrogens with zero attached hydrogens (tertiary/aromatic N) is 1. The number of rotatable bonds is 3. The molecule has 4 heteroatoms. The van der Waals surface area contributed by atoms with Gasteiger partial charge in [0.05, 0.1) is 6.61 Å². The van der Waals surface area contributed by atoms with Crippen molar-refractivity contribution in [3.63, 3.8) is 0 Å². The molecule has 2 fully saturated rings. The molecule has 3 heterocycles. The molecular formula is C17H24N2O2. The van der Waals surface area contributed by atoms with Gasteiger partial charge in [0, 0.05) is 50.0 Å². The SMILES string of the molecule is OC[C@@H]1[C@H]2c3ccccc3NC[C@@H]2N1CC1CCOCC1. The molecule has 0 amide bonds. The fraction of sp³-hybridized carbons (Fsp3) is 0.647. The fourth-order valence-corrected chi connectivity index (χ4v) is 4.35. The zero-order valence-electron chi connectivity index (χ0n) is 12.4. The minimum absolute atomic E-state index is 0.263. The number of nitrogens with one attached hydrogen (secondary N) is 1. The van der Waals surface area contributed by atoms with Gasteiger partial charge in [-0.15, -0.1) is 0 Å². The number of benzene rings is 1. The molecule has 0 aromatic heterocycles. The number of hydrogen-bond acceptors (Lipinski definition) is 4. The third kappa shape index (κ3) is 2.26. The molecule has 21 heavy (non-hydrogen) atoms. The van der Waals surface area contributed by atoms with Crippen LogP contribution in [0, 0.1) is 5.92 Å². The molecule has 1 aromatic rings. The third-order valence-electron chi connectivity index (χ3n) is 5.50. The quantitative estimate of drug-likeness (QED) is 0.888. The number of likely N-dealkylation sites (tertiary alicyclic amines) is 1. The molecule has 114 valence electrons. The largest absolute Gasteiger partial charge is 0.395 e. The second-order valence-corrected chi connectivity index (χ2v) is 6.56. The maximum atomic E-state index is 9.86. The van der Waals surface area contributed by atoms with Gasteiger partial charge in [0.15, 0.2) is 0 Å². The van der Waals surface area contributed by atoms with E-state index >= 15 is 0 Å². The Bertz CT molecular complexity index is 501. The fourth-order valence-electron chi connectivity index (χ4n) is 4.35. The number of hydrogen-bond donors (Lipinski definition) is 2. The van der Waals surface area contributed by atoms with Crippen LogP contribution in [0.1, 0.15) is 24.3 Å². The van der Waals surface area contributed by atoms with Crippen molar-refractivity contribution in [2.45, 2.75) is 30.8 Å². The van der Waals surface area contributed by atoms with Crippen molar-refractivity contribution in [1.82, 2.24) is 4.90 Å². The standard InChI is InChI=1S/C17H24N2O2/c20-11-16-17-13-3-1-2-4-14(13)18-9-15(17)19(16)10-12-5-7-21-8-6-12/h1-4,12,15-18,20H,5-11H2/t15-,16+,17-/m0/s1. The first kappa shape index (κ1) is 13.6. The normalized spacial score (nSPS) is 32.7. The molecule has 0 aliphatic carbocycles. The lowest BCUT2D eigenvalue weighted by atomic mass is 9.72. The van der Waals surface area contributed by atoms with Gasteiger partial charge in [-0.05, 0) is 30.4 Å². The van der Waals surface area contributed by atoms with Crippen molar-refractivity contribution in [3.05, 3.63) is 29.8 Å². The zero-order valence-corrected chi connectivity index (χ0v) is 12.4. The Hall–Kier alpha value is -1.10. The molecule has 2 saturated heterocycles. The molecular weight excluding hydrogens is 264 g/mol. The summed E-state index contributed by atoms with van der Waals surface area (Å²) in [5, 5.41) is 13.4. The van der Waals surface area contributed by atoms with Crippen molar-refractivity contribution in [3.8, 4) is 0 Å². The van der Waals surface area contributed by atoms with Crippen LogP contribution in [0.15, 0.2) is 24.3 Å². The molecule has 3 aliphatic rings. The van der Waals surface area contributed by atoms with Crippen LogP contribution in [-0.4, -0.2) is 55.0 Å². The van der Waals surface area contributed by atoms with Gasteiger partial charge in [0.1, 0.15) is 0 Å². The second kappa shape index (κ2) is 5.59. The topological polar surface area (TPSA) is 44.7 Å². The van der Waals surface area contributed by atoms with Gasteiger partial charge in [-0.2, -0.15) is 0 Å². The summed E-state index contributed by atoms with van der Waals surface area (Å²) in [6, 6.07) is 9.40. The Kier molecular flexibility index (Phi) is 3.61. The monoisotopic (exact) mass is 288 g/mol. The summed E-state index contributed by atoms with van der Waals surface area (Å²) in [7, 11) is 0. The molecule has 0 spiro atoms. The Morgan fingerprint density at radius 3 is 2.86 bits per heavy atom. The highest BCUT2D eigenvalue weighted by Crippen LogP contribution is 2.46. The molecule has 3 atom stereocenters. The van der Waals surface area contributed by atoms with Gasteiger partial charge in [-0.3, -0.25) is 4.90 Å². The lowest BCUT2D eigenvalue weighted by Crippen LogP contribution is -2.68. The van der Waals surface area contributed by atoms with E-state index < -0.39 is 0 Å². The predicted octanol–water partition coefficient (Wildman–Crippen LogP) is 1.67. The molecule has 1 aromatic carbocycles. The summed E-state index contributed by atoms with van der Waals surface area (Å²) < 4.78 is 5.46. The van der Waals surface area contributed by atoms with Crippen LogP contribution in [0.5, 0.6) is 0 Å². The lowest BCUT2D eigenvalue weighted by Gasteiger charge is -2.58. The van der Waals surface area contributed by atoms with Crippen molar-refractivity contribution in [1.29, 1.82) is 0 Å². The number of aliphatic hydroxyl groups is 1. The highest BCUT2D eigenvalue weighted by molar-refractivity contribution is 5.57. The summed E-state index contributed by atoms with van der Waals surface area (Å²) >= 11 is 0. The summed E-state index contributed by atoms with van der Waals surface area (Å²) in [5.74, 6) is 1.22. The maximum absolute atomic E-state index is 9.86. The predicted molar refractivity (Wildman–Crippen MR) is 82.6 cm³/mol. The summed E-state index contributed by atoms with van der Waals surface area (Å²) in [6.07, 6.45) is 2.33. The molecule has 4 rings (SSSR count). The number of anilines is 1. The van der Waals surface area contributed by atoms with E-state index in [4.69, 9.17) is 4.74 Å². The van der Waals surface area contributed by atoms with Crippen LogP contribution < -0.4 is 5.32 Å². The number of aliphatic hydroxyl groups excluding tert-OH is 1. The number of fused-ring (bicyclic) bond motifs is 3. The first-order valence-electron chi connectivity index (χ1n) is 8.15. The van der Waals surface area contributed by atoms with E-state index in [-0.39, 0.29) is 6.61 Å². The minimum Gasteiger partial charge on any atom is -0.395 e. The van der Waals surface area contributed by atoms with E-state index in [0.717, 1.165) is 45.1 Å². The van der Waals surface area contributed by atoms with Crippen LogP contribution in [0.2, 0.25) is 0 Å². The Labute approximate surface area is 126 Å². The molecule has 4 nitrogen and oxygen atoms in total. The van der Waals surface area contributed by atoms with Crippen LogP contribution in [0.25, 0.3) is 0 Å². The van der Waals surface area contributed by atoms with E-state index in [2.05, 4.69) is 34.5 Å². The average Bonchev–Trinajstić information content (AvgIpc) is 2.54. The number of ether oxygens (including phenoxy) is 1. The van der Waals surface area contributed by atoms with Crippen LogP contribution in [0.4, 0.5) is 5.69 Å². The van der Waals surface area contributed by atoms with Crippen molar-refractivity contribution in [2.24, 2.45) is 5.92 Å². The van der Waals surface area contributed by atoms with Gasteiger partial charge in [0.25, 0.3) is 0 Å². The Balaban J connectivity index is 1.51. The van der Waals surface area contributed by atoms with Gasteiger partial charge < -0.3 is 15.2 Å². The van der Waals surface area contributed by atoms with E-state index in [1.807, 2.05) is 0 Å². The number of para-hydroxylation sites is 1. The summed E-state index contributed by atoms with van der Waals surface area (Å²) in [4.78, 5) is 2.53. The molecule has 0 bridgehead atoms. The smallest absolute Gasteiger partial charge is 0.0593 e. The van der Waals surface area contributed by atoms with Gasteiger partial charge >= 0.3 is 0 Å². The molecule has 2 N–H and O–H groups in total. The second-order valence-electron chi connectivity index (χ2n) is 6.56. The van der Waals surface area contributed by atoms with Crippen molar-refractivity contribution in [2.75, 3.05) is 38.2 Å². The van der Waals surface area contributed by atoms with Crippen molar-refractivity contribution >= 4 is 5.69 Å². The van der Waals surface area contributed by atoms with Gasteiger partial charge in [-0.1, -0.05) is 18.2 Å². The van der Waals surface area contributed by atoms with Gasteiger partial charge in [0.2, 0.25) is 0 Å². The van der Waals surface area contributed by atoms with Crippen LogP contribution in [-0.2, 0) is 4.74 Å². The van der Waals surface area contributed by atoms with Gasteiger partial charge in [-0.25, -0.2) is 0 Å². The van der Waals surface area contributed by atoms with Crippen LogP contribution in [0.3, 0.4) is 0 Å². The summed E-state index contributed by atoms with van der Waals surface area (Å²) in [5.41, 5.74) is 2.64. The first-order chi connectivity index (χ1) is 10.4. The molecule has 0 saturated carbocycles. The summed E-state index contributed by atoms with van der Waals surface area (Å²) in [6.45, 7) is 4.18. The zero-order chi connectivity index (χ0) is 14.2. The van der Waals surface area contributed by atoms with Crippen LogP contribution >= 0.6 is 0 Å². The molecule has 0 radical (unpaired) electrons. The highest BCUT2D eigenvalue weighted by atomic mass is 16.5. The van der Waals surface area contributed by atoms with E-state index in [0.29, 0.717) is 18.0 Å². The minimum atomic E-state index is 0.263. The van der Waals surface area contributed by atoms with Crippen molar-refractivity contribution < 1.29 is 9.84 Å².